The number of rotatable bonds is 7. The van der Waals surface area contributed by atoms with Crippen molar-refractivity contribution in [1.82, 2.24) is 15.2 Å². The number of piperidine rings is 1. The minimum absolute atomic E-state index is 0.188. The molecule has 1 aliphatic heterocycles. The van der Waals surface area contributed by atoms with Gasteiger partial charge in [-0.3, -0.25) is 4.79 Å². The van der Waals surface area contributed by atoms with Gasteiger partial charge in [0.1, 0.15) is 4.83 Å². The first-order valence-electron chi connectivity index (χ1n) is 9.34. The fourth-order valence-corrected chi connectivity index (χ4v) is 5.70. The first-order chi connectivity index (χ1) is 12.2. The molecule has 1 saturated heterocycles. The molecule has 2 aromatic heterocycles. The van der Waals surface area contributed by atoms with E-state index in [1.165, 1.54) is 0 Å². The average Bonchev–Trinajstić information content (AvgIpc) is 3.20. The number of anilines is 1. The Hall–Kier alpha value is -1.18. The summed E-state index contributed by atoms with van der Waals surface area (Å²) in [4.78, 5) is 24.1. The van der Waals surface area contributed by atoms with Crippen LogP contribution in [0.2, 0.25) is 0 Å². The van der Waals surface area contributed by atoms with E-state index in [1.807, 2.05) is 0 Å². The predicted octanol–water partition coefficient (Wildman–Crippen LogP) is 3.81. The second-order valence-electron chi connectivity index (χ2n) is 6.43. The fraction of sp³-hybridized carbons (Fsp3) is 0.667. The molecule has 0 aromatic carbocycles. The molecule has 2 aromatic rings. The molecular weight excluding hydrogens is 352 g/mol. The quantitative estimate of drug-likeness (QED) is 0.793. The molecule has 1 N–H and O–H groups in total. The highest BCUT2D eigenvalue weighted by molar-refractivity contribution is 7.29. The first kappa shape index (κ1) is 18.6. The second kappa shape index (κ2) is 8.47. The molecule has 25 heavy (non-hydrogen) atoms. The smallest absolute Gasteiger partial charge is 0.264 e. The Morgan fingerprint density at radius 3 is 2.56 bits per heavy atom. The van der Waals surface area contributed by atoms with Crippen molar-refractivity contribution in [3.05, 3.63) is 10.9 Å². The van der Waals surface area contributed by atoms with Gasteiger partial charge in [0, 0.05) is 25.7 Å². The number of carbonyl (C=O) groups excluding carboxylic acids is 1. The van der Waals surface area contributed by atoms with Crippen molar-refractivity contribution < 1.29 is 4.79 Å². The number of aromatic nitrogens is 1. The second-order valence-corrected chi connectivity index (χ2v) is 8.47. The van der Waals surface area contributed by atoms with Crippen molar-refractivity contribution in [3.8, 4) is 0 Å². The Bertz CT molecular complexity index is 670. The summed E-state index contributed by atoms with van der Waals surface area (Å²) in [5.74, 6) is 0.188. The van der Waals surface area contributed by atoms with Crippen molar-refractivity contribution >= 4 is 43.2 Å². The number of thiophene rings is 1. The number of carbonyl (C=O) groups is 1. The van der Waals surface area contributed by atoms with Gasteiger partial charge in [0.05, 0.1) is 9.58 Å². The van der Waals surface area contributed by atoms with Crippen LogP contribution in [0.15, 0.2) is 6.07 Å². The lowest BCUT2D eigenvalue weighted by molar-refractivity contribution is 0.0648. The van der Waals surface area contributed by atoms with Gasteiger partial charge < -0.3 is 15.1 Å². The molecule has 138 valence electrons. The van der Waals surface area contributed by atoms with E-state index in [9.17, 15) is 4.79 Å². The highest BCUT2D eigenvalue weighted by Gasteiger charge is 2.27. The van der Waals surface area contributed by atoms with E-state index in [2.05, 4.69) is 42.0 Å². The van der Waals surface area contributed by atoms with Gasteiger partial charge in [-0.25, -0.2) is 4.98 Å². The van der Waals surface area contributed by atoms with Crippen LogP contribution in [0.1, 0.15) is 49.7 Å². The SMILES string of the molecule is CCCN(C(=O)c1cc2sc(N(CC)CC)nc2s1)C1CCNCC1. The van der Waals surface area contributed by atoms with Crippen LogP contribution < -0.4 is 10.2 Å². The minimum atomic E-state index is 0.188. The number of hydrogen-bond acceptors (Lipinski definition) is 6. The average molecular weight is 381 g/mol. The zero-order valence-electron chi connectivity index (χ0n) is 15.4. The van der Waals surface area contributed by atoms with Gasteiger partial charge in [0.15, 0.2) is 5.13 Å². The van der Waals surface area contributed by atoms with Crippen LogP contribution >= 0.6 is 22.7 Å². The molecule has 0 bridgehead atoms. The van der Waals surface area contributed by atoms with Crippen LogP contribution in [0.5, 0.6) is 0 Å². The lowest BCUT2D eigenvalue weighted by atomic mass is 10.0. The molecule has 0 saturated carbocycles. The normalized spacial score (nSPS) is 15.6. The molecule has 3 heterocycles. The predicted molar refractivity (Wildman–Crippen MR) is 108 cm³/mol. The van der Waals surface area contributed by atoms with E-state index in [0.717, 1.165) is 71.5 Å². The van der Waals surface area contributed by atoms with Crippen LogP contribution in [-0.2, 0) is 0 Å². The summed E-state index contributed by atoms with van der Waals surface area (Å²) in [6.45, 7) is 11.2. The van der Waals surface area contributed by atoms with Crippen LogP contribution in [0, 0.1) is 0 Å². The molecule has 7 heteroatoms. The van der Waals surface area contributed by atoms with Gasteiger partial charge in [-0.1, -0.05) is 18.3 Å². The maximum Gasteiger partial charge on any atom is 0.264 e. The summed E-state index contributed by atoms with van der Waals surface area (Å²) < 4.78 is 1.14. The summed E-state index contributed by atoms with van der Waals surface area (Å²) >= 11 is 3.25. The van der Waals surface area contributed by atoms with Gasteiger partial charge in [-0.2, -0.15) is 0 Å². The molecule has 1 fully saturated rings. The zero-order chi connectivity index (χ0) is 17.8. The van der Waals surface area contributed by atoms with E-state index in [4.69, 9.17) is 4.98 Å². The molecule has 1 amide bonds. The molecular formula is C18H28N4OS2. The van der Waals surface area contributed by atoms with Crippen LogP contribution in [-0.4, -0.2) is 54.6 Å². The molecule has 0 spiro atoms. The lowest BCUT2D eigenvalue weighted by Gasteiger charge is -2.34. The van der Waals surface area contributed by atoms with Crippen molar-refractivity contribution in [3.63, 3.8) is 0 Å². The molecule has 5 nitrogen and oxygen atoms in total. The Morgan fingerprint density at radius 2 is 1.96 bits per heavy atom. The van der Waals surface area contributed by atoms with Crippen molar-refractivity contribution in [1.29, 1.82) is 0 Å². The van der Waals surface area contributed by atoms with Gasteiger partial charge >= 0.3 is 0 Å². The van der Waals surface area contributed by atoms with E-state index in [1.54, 1.807) is 22.7 Å². The Morgan fingerprint density at radius 1 is 1.24 bits per heavy atom. The summed E-state index contributed by atoms with van der Waals surface area (Å²) in [6.07, 6.45) is 3.10. The maximum absolute atomic E-state index is 13.1. The topological polar surface area (TPSA) is 48.5 Å². The Kier molecular flexibility index (Phi) is 6.30. The number of amides is 1. The zero-order valence-corrected chi connectivity index (χ0v) is 17.0. The van der Waals surface area contributed by atoms with Crippen LogP contribution in [0.25, 0.3) is 9.53 Å². The number of fused-ring (bicyclic) bond motifs is 1. The summed E-state index contributed by atoms with van der Waals surface area (Å²) in [7, 11) is 0. The third-order valence-corrected chi connectivity index (χ3v) is 7.01. The van der Waals surface area contributed by atoms with Gasteiger partial charge in [0.25, 0.3) is 5.91 Å². The standard InChI is InChI=1S/C18H28N4OS2/c1-4-11-22(13-7-9-19-10-8-13)17(23)15-12-14-16(24-15)20-18(25-14)21(5-2)6-3/h12-13,19H,4-11H2,1-3H3. The molecule has 0 atom stereocenters. The number of hydrogen-bond donors (Lipinski definition) is 1. The summed E-state index contributed by atoms with van der Waals surface area (Å²) in [5.41, 5.74) is 0. The first-order valence-corrected chi connectivity index (χ1v) is 11.0. The Labute approximate surface area is 158 Å². The van der Waals surface area contributed by atoms with Crippen LogP contribution in [0.3, 0.4) is 0 Å². The number of nitrogens with one attached hydrogen (secondary N) is 1. The van der Waals surface area contributed by atoms with Crippen molar-refractivity contribution in [2.24, 2.45) is 0 Å². The van der Waals surface area contributed by atoms with E-state index in [0.29, 0.717) is 6.04 Å². The molecule has 0 aliphatic carbocycles. The van der Waals surface area contributed by atoms with Gasteiger partial charge in [0.2, 0.25) is 0 Å². The molecule has 0 unspecified atom stereocenters. The largest absolute Gasteiger partial charge is 0.349 e. The van der Waals surface area contributed by atoms with E-state index >= 15 is 0 Å². The highest BCUT2D eigenvalue weighted by atomic mass is 32.1. The minimum Gasteiger partial charge on any atom is -0.349 e. The molecule has 1 aliphatic rings. The van der Waals surface area contributed by atoms with E-state index < -0.39 is 0 Å². The maximum atomic E-state index is 13.1. The van der Waals surface area contributed by atoms with Gasteiger partial charge in [-0.05, 0) is 52.3 Å². The third kappa shape index (κ3) is 3.99. The molecule has 3 rings (SSSR count). The van der Waals surface area contributed by atoms with Crippen molar-refractivity contribution in [2.45, 2.75) is 46.1 Å². The van der Waals surface area contributed by atoms with Gasteiger partial charge in [-0.15, -0.1) is 11.3 Å². The van der Waals surface area contributed by atoms with E-state index in [-0.39, 0.29) is 5.91 Å². The lowest BCUT2D eigenvalue weighted by Crippen LogP contribution is -2.46. The third-order valence-electron chi connectivity index (χ3n) is 4.80. The van der Waals surface area contributed by atoms with Crippen LogP contribution in [0.4, 0.5) is 5.13 Å². The van der Waals surface area contributed by atoms with Crippen molar-refractivity contribution in [2.75, 3.05) is 37.6 Å². The summed E-state index contributed by atoms with van der Waals surface area (Å²) in [6, 6.07) is 2.42. The molecule has 0 radical (unpaired) electrons. The number of nitrogens with zero attached hydrogens (tertiary/aromatic N) is 3. The monoisotopic (exact) mass is 380 g/mol. The number of thiazole rings is 1. The summed E-state index contributed by atoms with van der Waals surface area (Å²) in [5, 5.41) is 4.45. The fourth-order valence-electron chi connectivity index (χ4n) is 3.41. The Balaban J connectivity index is 1.81. The highest BCUT2D eigenvalue weighted by Crippen LogP contribution is 2.35.